The molecule has 0 fully saturated rings. The van der Waals surface area contributed by atoms with Crippen LogP contribution in [-0.4, -0.2) is 5.91 Å². The van der Waals surface area contributed by atoms with Gasteiger partial charge in [0.1, 0.15) is 0 Å². The zero-order chi connectivity index (χ0) is 10.6. The zero-order valence-electron chi connectivity index (χ0n) is 8.79. The number of aryl methyl sites for hydroxylation is 2. The molecule has 1 aromatic rings. The van der Waals surface area contributed by atoms with Gasteiger partial charge in [0, 0.05) is 5.69 Å². The van der Waals surface area contributed by atoms with E-state index in [1.165, 1.54) is 6.08 Å². The highest BCUT2D eigenvalue weighted by Crippen LogP contribution is 2.19. The number of hydrogen-bond donors (Lipinski definition) is 1. The van der Waals surface area contributed by atoms with Crippen LogP contribution < -0.4 is 5.32 Å². The molecule has 1 amide bonds. The molecule has 1 rings (SSSR count). The lowest BCUT2D eigenvalue weighted by atomic mass is 10.1. The number of carbonyl (C=O) groups excluding carboxylic acids is 1. The normalized spacial score (nSPS) is 10.5. The number of hydrogen-bond acceptors (Lipinski definition) is 1. The summed E-state index contributed by atoms with van der Waals surface area (Å²) in [5.41, 5.74) is 3.08. The first-order valence-electron chi connectivity index (χ1n) is 4.65. The lowest BCUT2D eigenvalue weighted by molar-refractivity contribution is -0.111. The van der Waals surface area contributed by atoms with Crippen LogP contribution in [0.5, 0.6) is 0 Å². The van der Waals surface area contributed by atoms with Crippen molar-refractivity contribution in [1.82, 2.24) is 0 Å². The van der Waals surface area contributed by atoms with Gasteiger partial charge in [0.25, 0.3) is 0 Å². The Hall–Kier alpha value is -1.57. The minimum absolute atomic E-state index is 0.0788. The van der Waals surface area contributed by atoms with Crippen molar-refractivity contribution in [3.8, 4) is 0 Å². The fourth-order valence-electron chi connectivity index (χ4n) is 1.33. The maximum absolute atomic E-state index is 11.3. The van der Waals surface area contributed by atoms with E-state index in [9.17, 15) is 4.79 Å². The predicted molar refractivity (Wildman–Crippen MR) is 59.4 cm³/mol. The van der Waals surface area contributed by atoms with Gasteiger partial charge in [0.2, 0.25) is 5.91 Å². The molecule has 74 valence electrons. The van der Waals surface area contributed by atoms with Crippen molar-refractivity contribution >= 4 is 11.6 Å². The van der Waals surface area contributed by atoms with E-state index >= 15 is 0 Å². The molecular formula is C12H15NO. The summed E-state index contributed by atoms with van der Waals surface area (Å²) < 4.78 is 0. The number of para-hydroxylation sites is 1. The third-order valence-electron chi connectivity index (χ3n) is 2.05. The van der Waals surface area contributed by atoms with E-state index in [1.54, 1.807) is 6.08 Å². The van der Waals surface area contributed by atoms with E-state index in [-0.39, 0.29) is 5.91 Å². The standard InChI is InChI=1S/C12H15NO/c1-4-6-11(14)13-12-9(2)7-5-8-10(12)3/h4-8H,1-3H3,(H,13,14)/b6-4-. The van der Waals surface area contributed by atoms with Gasteiger partial charge >= 0.3 is 0 Å². The molecule has 0 aliphatic rings. The van der Waals surface area contributed by atoms with Crippen LogP contribution in [0.2, 0.25) is 0 Å². The second-order valence-electron chi connectivity index (χ2n) is 3.26. The lowest BCUT2D eigenvalue weighted by Gasteiger charge is -2.09. The Kier molecular flexibility index (Phi) is 3.46. The zero-order valence-corrected chi connectivity index (χ0v) is 8.79. The summed E-state index contributed by atoms with van der Waals surface area (Å²) in [6.45, 7) is 5.79. The average molecular weight is 189 g/mol. The van der Waals surface area contributed by atoms with E-state index in [4.69, 9.17) is 0 Å². The Morgan fingerprint density at radius 1 is 1.29 bits per heavy atom. The highest BCUT2D eigenvalue weighted by molar-refractivity contribution is 6.00. The number of carbonyl (C=O) groups is 1. The van der Waals surface area contributed by atoms with Gasteiger partial charge in [-0.3, -0.25) is 4.79 Å². The van der Waals surface area contributed by atoms with Gasteiger partial charge in [-0.25, -0.2) is 0 Å². The molecule has 0 saturated heterocycles. The molecule has 2 nitrogen and oxygen atoms in total. The maximum Gasteiger partial charge on any atom is 0.248 e. The molecule has 14 heavy (non-hydrogen) atoms. The molecular weight excluding hydrogens is 174 g/mol. The summed E-state index contributed by atoms with van der Waals surface area (Å²) in [6, 6.07) is 5.95. The molecule has 0 atom stereocenters. The molecule has 0 bridgehead atoms. The minimum Gasteiger partial charge on any atom is -0.322 e. The van der Waals surface area contributed by atoms with Crippen LogP contribution in [0.15, 0.2) is 30.4 Å². The molecule has 0 aromatic heterocycles. The first-order valence-corrected chi connectivity index (χ1v) is 4.65. The molecule has 1 N–H and O–H groups in total. The fraction of sp³-hybridized carbons (Fsp3) is 0.250. The van der Waals surface area contributed by atoms with Crippen LogP contribution in [0.25, 0.3) is 0 Å². The monoisotopic (exact) mass is 189 g/mol. The van der Waals surface area contributed by atoms with E-state index < -0.39 is 0 Å². The van der Waals surface area contributed by atoms with Gasteiger partial charge in [-0.15, -0.1) is 0 Å². The van der Waals surface area contributed by atoms with Gasteiger partial charge < -0.3 is 5.32 Å². The minimum atomic E-state index is -0.0788. The molecule has 1 aromatic carbocycles. The van der Waals surface area contributed by atoms with Crippen LogP contribution >= 0.6 is 0 Å². The number of amides is 1. The number of allylic oxidation sites excluding steroid dienone is 1. The van der Waals surface area contributed by atoms with Crippen molar-refractivity contribution in [1.29, 1.82) is 0 Å². The third kappa shape index (κ3) is 2.46. The summed E-state index contributed by atoms with van der Waals surface area (Å²) in [6.07, 6.45) is 3.24. The van der Waals surface area contributed by atoms with Gasteiger partial charge in [-0.05, 0) is 38.0 Å². The number of rotatable bonds is 2. The molecule has 0 spiro atoms. The molecule has 0 aliphatic carbocycles. The summed E-state index contributed by atoms with van der Waals surface area (Å²) >= 11 is 0. The molecule has 0 unspecified atom stereocenters. The van der Waals surface area contributed by atoms with Crippen molar-refractivity contribution < 1.29 is 4.79 Å². The third-order valence-corrected chi connectivity index (χ3v) is 2.05. The predicted octanol–water partition coefficient (Wildman–Crippen LogP) is 2.82. The number of anilines is 1. The van der Waals surface area contributed by atoms with Crippen LogP contribution in [0.1, 0.15) is 18.1 Å². The second-order valence-corrected chi connectivity index (χ2v) is 3.26. The Morgan fingerprint density at radius 3 is 2.36 bits per heavy atom. The van der Waals surface area contributed by atoms with Gasteiger partial charge in [-0.1, -0.05) is 24.3 Å². The molecule has 2 heteroatoms. The summed E-state index contributed by atoms with van der Waals surface area (Å²) in [4.78, 5) is 11.3. The van der Waals surface area contributed by atoms with E-state index in [0.29, 0.717) is 0 Å². The van der Waals surface area contributed by atoms with Crippen molar-refractivity contribution in [2.75, 3.05) is 5.32 Å². The fourth-order valence-corrected chi connectivity index (χ4v) is 1.33. The molecule has 0 radical (unpaired) electrons. The Morgan fingerprint density at radius 2 is 1.86 bits per heavy atom. The van der Waals surface area contributed by atoms with Crippen LogP contribution in [0.3, 0.4) is 0 Å². The quantitative estimate of drug-likeness (QED) is 0.712. The first kappa shape index (κ1) is 10.5. The lowest BCUT2D eigenvalue weighted by Crippen LogP contribution is -2.10. The smallest absolute Gasteiger partial charge is 0.248 e. The first-order chi connectivity index (χ1) is 6.65. The molecule has 0 saturated carbocycles. The second kappa shape index (κ2) is 4.61. The Bertz CT molecular complexity index is 346. The van der Waals surface area contributed by atoms with E-state index in [0.717, 1.165) is 16.8 Å². The number of nitrogens with one attached hydrogen (secondary N) is 1. The summed E-state index contributed by atoms with van der Waals surface area (Å²) in [5.74, 6) is -0.0788. The molecule has 0 heterocycles. The van der Waals surface area contributed by atoms with E-state index in [1.807, 2.05) is 39.0 Å². The highest BCUT2D eigenvalue weighted by Gasteiger charge is 2.03. The van der Waals surface area contributed by atoms with E-state index in [2.05, 4.69) is 5.32 Å². The molecule has 0 aliphatic heterocycles. The topological polar surface area (TPSA) is 29.1 Å². The van der Waals surface area contributed by atoms with Crippen LogP contribution in [-0.2, 0) is 4.79 Å². The van der Waals surface area contributed by atoms with Gasteiger partial charge in [-0.2, -0.15) is 0 Å². The largest absolute Gasteiger partial charge is 0.322 e. The van der Waals surface area contributed by atoms with Crippen molar-refractivity contribution in [2.45, 2.75) is 20.8 Å². The van der Waals surface area contributed by atoms with Gasteiger partial charge in [0.05, 0.1) is 0 Å². The average Bonchev–Trinajstić information content (AvgIpc) is 2.12. The summed E-state index contributed by atoms with van der Waals surface area (Å²) in [5, 5.41) is 2.85. The summed E-state index contributed by atoms with van der Waals surface area (Å²) in [7, 11) is 0. The van der Waals surface area contributed by atoms with Crippen molar-refractivity contribution in [3.63, 3.8) is 0 Å². The Balaban J connectivity index is 2.91. The maximum atomic E-state index is 11.3. The highest BCUT2D eigenvalue weighted by atomic mass is 16.1. The van der Waals surface area contributed by atoms with Gasteiger partial charge in [0.15, 0.2) is 0 Å². The van der Waals surface area contributed by atoms with Crippen molar-refractivity contribution in [3.05, 3.63) is 41.5 Å². The number of benzene rings is 1. The Labute approximate surface area is 84.6 Å². The van der Waals surface area contributed by atoms with Crippen LogP contribution in [0, 0.1) is 13.8 Å². The van der Waals surface area contributed by atoms with Crippen molar-refractivity contribution in [2.24, 2.45) is 0 Å². The SMILES string of the molecule is C/C=C\C(=O)Nc1c(C)cccc1C. The van der Waals surface area contributed by atoms with Crippen LogP contribution in [0.4, 0.5) is 5.69 Å².